The molecule has 2 amide bonds. The first-order valence-electron chi connectivity index (χ1n) is 23.1. The summed E-state index contributed by atoms with van der Waals surface area (Å²) in [6.07, 6.45) is 5.63. The molecule has 0 radical (unpaired) electrons. The van der Waals surface area contributed by atoms with E-state index in [0.717, 1.165) is 22.2 Å². The fraction of sp³-hybridized carbons (Fsp3) is 0.404. The van der Waals surface area contributed by atoms with Gasteiger partial charge in [0.1, 0.15) is 39.7 Å². The van der Waals surface area contributed by atoms with Crippen molar-refractivity contribution in [3.63, 3.8) is 0 Å². The molecule has 3 aromatic carbocycles. The molecule has 0 bridgehead atoms. The predicted molar refractivity (Wildman–Crippen MR) is 315 cm³/mol. The Bertz CT molecular complexity index is 2660. The summed E-state index contributed by atoms with van der Waals surface area (Å²) in [4.78, 5) is 71.7. The van der Waals surface area contributed by atoms with Gasteiger partial charge < -0.3 is 60.7 Å². The minimum atomic E-state index is -1.06. The van der Waals surface area contributed by atoms with Crippen molar-refractivity contribution >= 4 is 126 Å². The number of rotatable bonds is 5. The number of nitrogens with zero attached hydrogens (tertiary/aromatic N) is 4. The first kappa shape index (κ1) is 86.5. The Morgan fingerprint density at radius 3 is 1.30 bits per heavy atom. The number of hydrogen-bond donors (Lipinski definition) is 5. The molecule has 452 valence electrons. The number of benzene rings is 3. The van der Waals surface area contributed by atoms with Crippen molar-refractivity contribution in [3.05, 3.63) is 109 Å². The Kier molecular flexibility index (Phi) is 46.4. The molecule has 2 aromatic heterocycles. The number of aromatic nitrogens is 4. The van der Waals surface area contributed by atoms with E-state index in [1.165, 1.54) is 43.2 Å². The maximum Gasteiger partial charge on any atom is 1.00 e. The molecule has 31 heteroatoms. The average Bonchev–Trinajstić information content (AvgIpc) is 3.91. The average molecular weight is 1430 g/mol. The van der Waals surface area contributed by atoms with E-state index in [0.29, 0.717) is 27.8 Å². The summed E-state index contributed by atoms with van der Waals surface area (Å²) in [5, 5.41) is 32.6. The van der Waals surface area contributed by atoms with Gasteiger partial charge in [-0.15, -0.1) is 0 Å². The molecule has 1 aliphatic heterocycles. The normalized spacial score (nSPS) is 10.9. The van der Waals surface area contributed by atoms with Gasteiger partial charge in [-0.3, -0.25) is 15.4 Å². The second kappa shape index (κ2) is 44.5. The number of ether oxygens (including phenoxy) is 7. The van der Waals surface area contributed by atoms with Gasteiger partial charge >= 0.3 is 133 Å². The van der Waals surface area contributed by atoms with Crippen LogP contribution in [0, 0.1) is 0 Å². The van der Waals surface area contributed by atoms with Crippen LogP contribution >= 0.6 is 78.3 Å². The molecule has 6 N–H and O–H groups in total. The Morgan fingerprint density at radius 2 is 0.988 bits per heavy atom. The third kappa shape index (κ3) is 48.8. The number of nitrogens with two attached hydrogens (primary N) is 1. The van der Waals surface area contributed by atoms with E-state index in [4.69, 9.17) is 95.7 Å². The summed E-state index contributed by atoms with van der Waals surface area (Å²) >= 11 is 29.1. The Labute approximate surface area is 607 Å². The van der Waals surface area contributed by atoms with Crippen molar-refractivity contribution in [2.45, 2.75) is 126 Å². The fourth-order valence-corrected chi connectivity index (χ4v) is 5.58. The van der Waals surface area contributed by atoms with Crippen LogP contribution in [0.15, 0.2) is 88.3 Å². The number of carbonyl (C=O) groups is 5. The Hall–Kier alpha value is -2.92. The van der Waals surface area contributed by atoms with Gasteiger partial charge in [0.15, 0.2) is 0 Å². The zero-order valence-electron chi connectivity index (χ0n) is 48.7. The molecule has 1 fully saturated rings. The summed E-state index contributed by atoms with van der Waals surface area (Å²) in [7, 11) is 0. The number of amides is 2. The van der Waals surface area contributed by atoms with Crippen LogP contribution < -0.4 is 129 Å². The van der Waals surface area contributed by atoms with Crippen LogP contribution in [0.1, 0.15) is 105 Å². The quantitative estimate of drug-likeness (QED) is 0.0105. The van der Waals surface area contributed by atoms with Crippen LogP contribution in [-0.2, 0) is 38.1 Å². The second-order valence-corrected chi connectivity index (χ2v) is 22.7. The molecule has 5 aromatic rings. The van der Waals surface area contributed by atoms with Crippen LogP contribution in [-0.4, -0.2) is 96.7 Å². The first-order valence-corrected chi connectivity index (χ1v) is 26.2. The van der Waals surface area contributed by atoms with E-state index >= 15 is 0 Å². The molecular formula is C52H69Br2Cl4K2N7O16. The number of phenolic OH excluding ortho intramolecular Hbond substituents is 2. The molecule has 0 unspecified atom stereocenters. The largest absolute Gasteiger partial charge is 1.00 e. The molecule has 6 rings (SSSR count). The number of nitrogen functional groups attached to an aromatic ring is 1. The van der Waals surface area contributed by atoms with Crippen molar-refractivity contribution in [1.82, 2.24) is 19.9 Å². The van der Waals surface area contributed by atoms with Gasteiger partial charge in [-0.05, 0) is 194 Å². The number of anilines is 3. The number of hydrogen-bond acceptors (Lipinski definition) is 21. The topological polar surface area (TPSA) is 324 Å². The molecule has 0 atom stereocenters. The van der Waals surface area contributed by atoms with E-state index < -0.39 is 46.9 Å². The molecule has 3 heterocycles. The van der Waals surface area contributed by atoms with Gasteiger partial charge in [0, 0.05) is 55.1 Å². The molecule has 0 aliphatic carbocycles. The van der Waals surface area contributed by atoms with Gasteiger partial charge in [0.25, 0.3) is 6.47 Å². The van der Waals surface area contributed by atoms with E-state index in [2.05, 4.69) is 72.1 Å². The summed E-state index contributed by atoms with van der Waals surface area (Å²) < 4.78 is 36.0. The summed E-state index contributed by atoms with van der Waals surface area (Å²) in [5.41, 5.74) is 4.33. The molecule has 0 spiro atoms. The van der Waals surface area contributed by atoms with Crippen molar-refractivity contribution in [3.8, 4) is 23.3 Å². The van der Waals surface area contributed by atoms with E-state index in [1.807, 2.05) is 0 Å². The number of nitrogens with one attached hydrogen (secondary N) is 2. The number of aromatic hydroxyl groups is 2. The third-order valence-electron chi connectivity index (χ3n) is 7.34. The SMILES string of the molecule is C.C1CCOC1.CC(C)(C)OC(=O)Nc1ccc(O)c(Cl)c1.CC(C)(C)OC(=O)Nc1ccc(Oc2ncc(Br)cn2)c(Cl)c1.CC(C)(C)OC(=O)OC(=O)OC(C)(C)C.Clc1ncc(Br)cn1.Nc1ccc(O)c(Cl)c1.O=CO[O-].[H-].[K+].[K+]. The van der Waals surface area contributed by atoms with E-state index in [9.17, 15) is 24.3 Å². The summed E-state index contributed by atoms with van der Waals surface area (Å²) in [6, 6.07) is 13.9. The van der Waals surface area contributed by atoms with E-state index in [1.54, 1.807) is 132 Å². The zero-order chi connectivity index (χ0) is 61.4. The predicted octanol–water partition coefficient (Wildman–Crippen LogP) is 8.81. The zero-order valence-corrected chi connectivity index (χ0v) is 60.1. The molecule has 1 aliphatic rings. The molecule has 83 heavy (non-hydrogen) atoms. The van der Waals surface area contributed by atoms with Gasteiger partial charge in [-0.1, -0.05) is 42.2 Å². The first-order chi connectivity index (χ1) is 36.9. The molecule has 0 saturated carbocycles. The summed E-state index contributed by atoms with van der Waals surface area (Å²) in [5.74, 6) is 0.408. The minimum Gasteiger partial charge on any atom is -1.00 e. The van der Waals surface area contributed by atoms with Crippen LogP contribution in [0.25, 0.3) is 0 Å². The molecular weight excluding hydrogens is 1360 g/mol. The smallest absolute Gasteiger partial charge is 1.00 e. The molecule has 23 nitrogen and oxygen atoms in total. The van der Waals surface area contributed by atoms with Crippen molar-refractivity contribution < 1.29 is 182 Å². The standard InChI is InChI=1S/C15H15BrClN3O3.C11H14ClNO3.C10H18O5.C6H6ClNO.C4H2BrClN2.C4H8O.CH2O3.CH4.2K.H/c1-15(2,3)23-14(21)20-10-4-5-12(11(17)6-10)22-13-18-7-9(16)8-19-13;1-11(2,3)16-10(15)13-7-4-5-9(14)8(12)6-7;1-9(2,3)14-7(11)13-8(12)15-10(4,5)6;7-5-3-4(8)1-2-6(5)9;5-3-1-7-4(6)8-2-3;1-2-4-5-3-1;2-1-4-3;;;;/h4-8H,1-3H3,(H,20,21);4-6,14H,1-3H3,(H,13,15);1-6H3;1-3,9H,8H2;1-2H;1-4H2;1,3H;1H4;;;/q;;;;;;;;2*+1;-1/p-1. The molecule has 1 saturated heterocycles. The van der Waals surface area contributed by atoms with Crippen LogP contribution in [0.5, 0.6) is 23.3 Å². The van der Waals surface area contributed by atoms with Gasteiger partial charge in [-0.2, -0.15) is 0 Å². The van der Waals surface area contributed by atoms with Crippen LogP contribution in [0.3, 0.4) is 0 Å². The second-order valence-electron chi connectivity index (χ2n) is 19.3. The Morgan fingerprint density at radius 1 is 0.627 bits per heavy atom. The third-order valence-corrected chi connectivity index (χ3v) is 9.26. The monoisotopic (exact) mass is 1420 g/mol. The van der Waals surface area contributed by atoms with Crippen molar-refractivity contribution in [1.29, 1.82) is 0 Å². The van der Waals surface area contributed by atoms with Gasteiger partial charge in [-0.25, -0.2) is 39.1 Å². The van der Waals surface area contributed by atoms with Crippen molar-refractivity contribution in [2.24, 2.45) is 0 Å². The van der Waals surface area contributed by atoms with E-state index in [-0.39, 0.29) is 151 Å². The Balaban J connectivity index is -0.000000305. The fourth-order valence-electron chi connectivity index (χ4n) is 4.48. The van der Waals surface area contributed by atoms with Crippen LogP contribution in [0.4, 0.5) is 36.2 Å². The van der Waals surface area contributed by atoms with Gasteiger partial charge in [0.05, 0.1) is 24.0 Å². The minimum absolute atomic E-state index is 0. The van der Waals surface area contributed by atoms with Crippen molar-refractivity contribution in [2.75, 3.05) is 29.6 Å². The maximum absolute atomic E-state index is 11.7. The van der Waals surface area contributed by atoms with Gasteiger partial charge in [0.2, 0.25) is 5.28 Å². The number of carbonyl (C=O) groups excluding carboxylic acids is 5. The summed E-state index contributed by atoms with van der Waals surface area (Å²) in [6.45, 7) is 22.5. The number of phenols is 2. The maximum atomic E-state index is 11.7. The van der Waals surface area contributed by atoms with Crippen LogP contribution in [0.2, 0.25) is 20.4 Å². The number of halogens is 6.